The monoisotopic (exact) mass is 280 g/mol. The smallest absolute Gasteiger partial charge is 0.271 e. The first kappa shape index (κ1) is 14.8. The summed E-state index contributed by atoms with van der Waals surface area (Å²) in [6.45, 7) is 8.16. The summed E-state index contributed by atoms with van der Waals surface area (Å²) in [6.07, 6.45) is 3.70. The van der Waals surface area contributed by atoms with E-state index >= 15 is 0 Å². The van der Waals surface area contributed by atoms with E-state index in [0.29, 0.717) is 24.8 Å². The molecule has 0 bridgehead atoms. The lowest BCUT2D eigenvalue weighted by Crippen LogP contribution is -2.25. The van der Waals surface area contributed by atoms with Gasteiger partial charge in [0.05, 0.1) is 0 Å². The number of ether oxygens (including phenoxy) is 1. The number of hydrogen-bond donors (Lipinski definition) is 2. The van der Waals surface area contributed by atoms with Crippen LogP contribution in [0.3, 0.4) is 0 Å². The molecule has 1 aliphatic rings. The number of aromatic nitrogens is 2. The molecule has 0 saturated heterocycles. The largest absolute Gasteiger partial charge is 0.381 e. The quantitative estimate of drug-likeness (QED) is 0.743. The molecule has 1 aromatic rings. The molecule has 2 rings (SSSR count). The van der Waals surface area contributed by atoms with Gasteiger partial charge in [-0.3, -0.25) is 4.79 Å². The third-order valence-electron chi connectivity index (χ3n) is 3.07. The van der Waals surface area contributed by atoms with Crippen LogP contribution in [0.5, 0.6) is 0 Å². The minimum atomic E-state index is -0.113. The average Bonchev–Trinajstić information content (AvgIpc) is 2.86. The van der Waals surface area contributed by atoms with Crippen LogP contribution in [0.4, 0.5) is 5.95 Å². The van der Waals surface area contributed by atoms with Crippen LogP contribution in [0.15, 0.2) is 6.20 Å². The van der Waals surface area contributed by atoms with Crippen molar-refractivity contribution >= 4 is 11.9 Å². The topological polar surface area (TPSA) is 68.2 Å². The highest BCUT2D eigenvalue weighted by atomic mass is 16.5. The van der Waals surface area contributed by atoms with Gasteiger partial charge in [-0.2, -0.15) is 0 Å². The predicted molar refractivity (Wildman–Crippen MR) is 77.9 cm³/mol. The molecular weight excluding hydrogens is 256 g/mol. The minimum absolute atomic E-state index is 0.113. The summed E-state index contributed by atoms with van der Waals surface area (Å²) in [6, 6.07) is 0. The molecule has 1 amide bonds. The molecule has 2 N–H and O–H groups in total. The van der Waals surface area contributed by atoms with Crippen LogP contribution in [0.25, 0.3) is 0 Å². The molecule has 6 nitrogen and oxygen atoms in total. The van der Waals surface area contributed by atoms with Crippen LogP contribution in [0.2, 0.25) is 0 Å². The summed E-state index contributed by atoms with van der Waals surface area (Å²) >= 11 is 0. The van der Waals surface area contributed by atoms with Gasteiger partial charge < -0.3 is 19.9 Å². The highest BCUT2D eigenvalue weighted by molar-refractivity contribution is 5.92. The fraction of sp³-hybridized carbons (Fsp3) is 0.714. The van der Waals surface area contributed by atoms with Crippen LogP contribution in [0.1, 0.15) is 37.2 Å². The second kappa shape index (κ2) is 7.28. The molecule has 0 spiro atoms. The van der Waals surface area contributed by atoms with Crippen LogP contribution in [-0.4, -0.2) is 41.8 Å². The standard InChI is InChI=1S/C14H24N4O2/c1-11(2)10-20-8-4-6-15-13(19)12-9-18-7-3-5-16-14(18)17-12/h9,11H,3-8,10H2,1-2H3,(H,15,19)(H,16,17). The number of nitrogens with one attached hydrogen (secondary N) is 2. The Morgan fingerprint density at radius 1 is 1.60 bits per heavy atom. The van der Waals surface area contributed by atoms with Crippen molar-refractivity contribution in [3.8, 4) is 0 Å². The number of amides is 1. The van der Waals surface area contributed by atoms with E-state index in [1.165, 1.54) is 0 Å². The molecule has 0 atom stereocenters. The third-order valence-corrected chi connectivity index (χ3v) is 3.07. The SMILES string of the molecule is CC(C)COCCCNC(=O)c1cn2c(n1)NCCC2. The molecule has 112 valence electrons. The summed E-state index contributed by atoms with van der Waals surface area (Å²) in [4.78, 5) is 16.2. The molecule has 0 aliphatic carbocycles. The lowest BCUT2D eigenvalue weighted by molar-refractivity contribution is 0.0921. The molecule has 0 radical (unpaired) electrons. The van der Waals surface area contributed by atoms with Crippen LogP contribution in [0, 0.1) is 5.92 Å². The Hall–Kier alpha value is -1.56. The van der Waals surface area contributed by atoms with E-state index in [9.17, 15) is 4.79 Å². The lowest BCUT2D eigenvalue weighted by atomic mass is 10.2. The lowest BCUT2D eigenvalue weighted by Gasteiger charge is -2.14. The van der Waals surface area contributed by atoms with Crippen molar-refractivity contribution in [1.82, 2.24) is 14.9 Å². The molecule has 0 fully saturated rings. The van der Waals surface area contributed by atoms with Crippen molar-refractivity contribution in [2.75, 3.05) is 31.6 Å². The number of fused-ring (bicyclic) bond motifs is 1. The number of nitrogens with zero attached hydrogens (tertiary/aromatic N) is 2. The van der Waals surface area contributed by atoms with Gasteiger partial charge in [-0.25, -0.2) is 4.98 Å². The molecule has 6 heteroatoms. The number of carbonyl (C=O) groups excluding carboxylic acids is 1. The van der Waals surface area contributed by atoms with Gasteiger partial charge >= 0.3 is 0 Å². The molecule has 0 saturated carbocycles. The number of carbonyl (C=O) groups is 1. The first-order valence-electron chi connectivity index (χ1n) is 7.34. The van der Waals surface area contributed by atoms with Gasteiger partial charge in [0.2, 0.25) is 5.95 Å². The van der Waals surface area contributed by atoms with Gasteiger partial charge in [-0.05, 0) is 18.8 Å². The molecule has 0 unspecified atom stereocenters. The number of imidazole rings is 1. The van der Waals surface area contributed by atoms with Gasteiger partial charge in [-0.1, -0.05) is 13.8 Å². The van der Waals surface area contributed by atoms with E-state index in [0.717, 1.165) is 38.5 Å². The van der Waals surface area contributed by atoms with Crippen molar-refractivity contribution in [3.63, 3.8) is 0 Å². The average molecular weight is 280 g/mol. The Bertz CT molecular complexity index is 419. The van der Waals surface area contributed by atoms with Crippen LogP contribution < -0.4 is 10.6 Å². The maximum Gasteiger partial charge on any atom is 0.271 e. The van der Waals surface area contributed by atoms with E-state index in [1.807, 2.05) is 10.8 Å². The zero-order valence-corrected chi connectivity index (χ0v) is 12.3. The molecule has 20 heavy (non-hydrogen) atoms. The van der Waals surface area contributed by atoms with Gasteiger partial charge in [-0.15, -0.1) is 0 Å². The first-order chi connectivity index (χ1) is 9.66. The van der Waals surface area contributed by atoms with E-state index in [1.54, 1.807) is 0 Å². The summed E-state index contributed by atoms with van der Waals surface area (Å²) < 4.78 is 7.46. The Morgan fingerprint density at radius 3 is 3.20 bits per heavy atom. The third kappa shape index (κ3) is 4.23. The maximum atomic E-state index is 11.9. The normalized spacial score (nSPS) is 13.9. The molecular formula is C14H24N4O2. The first-order valence-corrected chi connectivity index (χ1v) is 7.34. The van der Waals surface area contributed by atoms with E-state index in [2.05, 4.69) is 29.5 Å². The molecule has 2 heterocycles. The van der Waals surface area contributed by atoms with Crippen molar-refractivity contribution in [2.45, 2.75) is 33.2 Å². The van der Waals surface area contributed by atoms with Gasteiger partial charge in [0.1, 0.15) is 5.69 Å². The van der Waals surface area contributed by atoms with E-state index in [4.69, 9.17) is 4.74 Å². The summed E-state index contributed by atoms with van der Waals surface area (Å²) in [7, 11) is 0. The minimum Gasteiger partial charge on any atom is -0.381 e. The Kier molecular flexibility index (Phi) is 5.40. The fourth-order valence-corrected chi connectivity index (χ4v) is 2.07. The number of rotatable bonds is 7. The molecule has 1 aromatic heterocycles. The summed E-state index contributed by atoms with van der Waals surface area (Å²) in [5.74, 6) is 1.23. The second-order valence-corrected chi connectivity index (χ2v) is 5.50. The maximum absolute atomic E-state index is 11.9. The molecule has 0 aromatic carbocycles. The highest BCUT2D eigenvalue weighted by Gasteiger charge is 2.15. The summed E-state index contributed by atoms with van der Waals surface area (Å²) in [5.41, 5.74) is 0.484. The molecule has 1 aliphatic heterocycles. The number of aryl methyl sites for hydroxylation is 1. The fourth-order valence-electron chi connectivity index (χ4n) is 2.07. The Balaban J connectivity index is 1.68. The van der Waals surface area contributed by atoms with Gasteiger partial charge in [0.15, 0.2) is 0 Å². The van der Waals surface area contributed by atoms with Crippen molar-refractivity contribution in [1.29, 1.82) is 0 Å². The van der Waals surface area contributed by atoms with Crippen molar-refractivity contribution in [2.24, 2.45) is 5.92 Å². The number of anilines is 1. The van der Waals surface area contributed by atoms with Gasteiger partial charge in [0.25, 0.3) is 5.91 Å². The second-order valence-electron chi connectivity index (χ2n) is 5.50. The zero-order valence-electron chi connectivity index (χ0n) is 12.3. The van der Waals surface area contributed by atoms with Crippen molar-refractivity contribution in [3.05, 3.63) is 11.9 Å². The van der Waals surface area contributed by atoms with Crippen LogP contribution >= 0.6 is 0 Å². The van der Waals surface area contributed by atoms with E-state index in [-0.39, 0.29) is 5.91 Å². The van der Waals surface area contributed by atoms with Crippen LogP contribution in [-0.2, 0) is 11.3 Å². The van der Waals surface area contributed by atoms with E-state index < -0.39 is 0 Å². The Morgan fingerprint density at radius 2 is 2.45 bits per heavy atom. The summed E-state index contributed by atoms with van der Waals surface area (Å²) in [5, 5.41) is 6.06. The number of hydrogen-bond acceptors (Lipinski definition) is 4. The van der Waals surface area contributed by atoms with Gasteiger partial charge in [0, 0.05) is 39.0 Å². The predicted octanol–water partition coefficient (Wildman–Crippen LogP) is 1.49. The van der Waals surface area contributed by atoms with Crippen molar-refractivity contribution < 1.29 is 9.53 Å². The Labute approximate surface area is 119 Å². The zero-order chi connectivity index (χ0) is 14.4. The highest BCUT2D eigenvalue weighted by Crippen LogP contribution is 2.13.